The number of pyridine rings is 1. The lowest BCUT2D eigenvalue weighted by atomic mass is 10.2. The van der Waals surface area contributed by atoms with Crippen LogP contribution < -0.4 is 10.2 Å². The van der Waals surface area contributed by atoms with Crippen LogP contribution in [0.1, 0.15) is 45.6 Å². The molecule has 102 valence electrons. The Labute approximate surface area is 112 Å². The average Bonchev–Trinajstić information content (AvgIpc) is 2.40. The summed E-state index contributed by atoms with van der Waals surface area (Å²) in [4.78, 5) is 6.84. The van der Waals surface area contributed by atoms with Gasteiger partial charge in [-0.1, -0.05) is 20.3 Å². The van der Waals surface area contributed by atoms with Crippen LogP contribution in [0.15, 0.2) is 18.3 Å². The molecule has 0 spiro atoms. The van der Waals surface area contributed by atoms with E-state index in [1.807, 2.05) is 6.20 Å². The molecule has 1 aromatic rings. The SMILES string of the molecule is CCCCN(CC)c1cc(CNCCC)ccn1. The van der Waals surface area contributed by atoms with Gasteiger partial charge in [0.05, 0.1) is 0 Å². The summed E-state index contributed by atoms with van der Waals surface area (Å²) in [5, 5.41) is 3.43. The molecule has 1 rings (SSSR count). The monoisotopic (exact) mass is 249 g/mol. The lowest BCUT2D eigenvalue weighted by Crippen LogP contribution is -2.25. The van der Waals surface area contributed by atoms with E-state index in [0.717, 1.165) is 32.0 Å². The number of aromatic nitrogens is 1. The molecule has 0 saturated heterocycles. The van der Waals surface area contributed by atoms with Gasteiger partial charge in [-0.05, 0) is 44.0 Å². The van der Waals surface area contributed by atoms with Crippen molar-refractivity contribution >= 4 is 5.82 Å². The first-order valence-electron chi connectivity index (χ1n) is 7.22. The van der Waals surface area contributed by atoms with Crippen LogP contribution in [0.2, 0.25) is 0 Å². The van der Waals surface area contributed by atoms with E-state index < -0.39 is 0 Å². The maximum absolute atomic E-state index is 4.49. The third kappa shape index (κ3) is 5.05. The maximum atomic E-state index is 4.49. The molecule has 18 heavy (non-hydrogen) atoms. The summed E-state index contributed by atoms with van der Waals surface area (Å²) < 4.78 is 0. The van der Waals surface area contributed by atoms with E-state index >= 15 is 0 Å². The van der Waals surface area contributed by atoms with Crippen LogP contribution in [-0.2, 0) is 6.54 Å². The lowest BCUT2D eigenvalue weighted by molar-refractivity contribution is 0.673. The highest BCUT2D eigenvalue weighted by atomic mass is 15.2. The van der Waals surface area contributed by atoms with Gasteiger partial charge < -0.3 is 10.2 Å². The van der Waals surface area contributed by atoms with Gasteiger partial charge in [0.25, 0.3) is 0 Å². The Morgan fingerprint density at radius 1 is 1.22 bits per heavy atom. The summed E-state index contributed by atoms with van der Waals surface area (Å²) in [6, 6.07) is 4.31. The molecule has 0 saturated carbocycles. The van der Waals surface area contributed by atoms with Gasteiger partial charge in [-0.2, -0.15) is 0 Å². The van der Waals surface area contributed by atoms with E-state index in [4.69, 9.17) is 0 Å². The van der Waals surface area contributed by atoms with Crippen molar-refractivity contribution in [2.45, 2.75) is 46.6 Å². The summed E-state index contributed by atoms with van der Waals surface area (Å²) in [5.74, 6) is 1.11. The van der Waals surface area contributed by atoms with E-state index in [2.05, 4.69) is 48.1 Å². The zero-order chi connectivity index (χ0) is 13.2. The first-order valence-corrected chi connectivity index (χ1v) is 7.22. The smallest absolute Gasteiger partial charge is 0.128 e. The van der Waals surface area contributed by atoms with Gasteiger partial charge >= 0.3 is 0 Å². The average molecular weight is 249 g/mol. The van der Waals surface area contributed by atoms with Gasteiger partial charge in [0, 0.05) is 25.8 Å². The highest BCUT2D eigenvalue weighted by Gasteiger charge is 2.05. The van der Waals surface area contributed by atoms with Crippen molar-refractivity contribution in [3.63, 3.8) is 0 Å². The van der Waals surface area contributed by atoms with Crippen LogP contribution in [0.4, 0.5) is 5.82 Å². The van der Waals surface area contributed by atoms with Crippen LogP contribution in [0.25, 0.3) is 0 Å². The van der Waals surface area contributed by atoms with Crippen LogP contribution >= 0.6 is 0 Å². The summed E-state index contributed by atoms with van der Waals surface area (Å²) >= 11 is 0. The Bertz CT molecular complexity index is 325. The molecule has 1 N–H and O–H groups in total. The summed E-state index contributed by atoms with van der Waals surface area (Å²) in [6.45, 7) is 10.8. The van der Waals surface area contributed by atoms with Gasteiger partial charge in [0.15, 0.2) is 0 Å². The second-order valence-electron chi connectivity index (χ2n) is 4.63. The number of anilines is 1. The fourth-order valence-corrected chi connectivity index (χ4v) is 1.94. The number of hydrogen-bond donors (Lipinski definition) is 1. The molecule has 0 aliphatic carbocycles. The Morgan fingerprint density at radius 2 is 2.06 bits per heavy atom. The van der Waals surface area contributed by atoms with E-state index in [1.165, 1.54) is 24.8 Å². The highest BCUT2D eigenvalue weighted by Crippen LogP contribution is 2.13. The molecule has 3 heteroatoms. The molecular formula is C15H27N3. The molecule has 3 nitrogen and oxygen atoms in total. The van der Waals surface area contributed by atoms with Gasteiger partial charge in [0.2, 0.25) is 0 Å². The molecule has 1 aromatic heterocycles. The summed E-state index contributed by atoms with van der Waals surface area (Å²) in [6.07, 6.45) is 5.56. The predicted octanol–water partition coefficient (Wildman–Crippen LogP) is 3.21. The third-order valence-corrected chi connectivity index (χ3v) is 3.05. The van der Waals surface area contributed by atoms with Crippen LogP contribution in [0, 0.1) is 0 Å². The van der Waals surface area contributed by atoms with Crippen molar-refractivity contribution in [3.8, 4) is 0 Å². The largest absolute Gasteiger partial charge is 0.357 e. The zero-order valence-electron chi connectivity index (χ0n) is 12.1. The number of nitrogens with zero attached hydrogens (tertiary/aromatic N) is 2. The van der Waals surface area contributed by atoms with Gasteiger partial charge in [-0.3, -0.25) is 0 Å². The second-order valence-corrected chi connectivity index (χ2v) is 4.63. The predicted molar refractivity (Wildman–Crippen MR) is 79.0 cm³/mol. The second kappa shape index (κ2) is 8.92. The Kier molecular flexibility index (Phi) is 7.42. The summed E-state index contributed by atoms with van der Waals surface area (Å²) in [5.41, 5.74) is 1.32. The Morgan fingerprint density at radius 3 is 2.72 bits per heavy atom. The summed E-state index contributed by atoms with van der Waals surface area (Å²) in [7, 11) is 0. The first kappa shape index (κ1) is 15.0. The van der Waals surface area contributed by atoms with Crippen molar-refractivity contribution in [1.29, 1.82) is 0 Å². The molecule has 1 heterocycles. The third-order valence-electron chi connectivity index (χ3n) is 3.05. The fraction of sp³-hybridized carbons (Fsp3) is 0.667. The fourth-order valence-electron chi connectivity index (χ4n) is 1.94. The van der Waals surface area contributed by atoms with E-state index in [9.17, 15) is 0 Å². The molecule has 0 amide bonds. The van der Waals surface area contributed by atoms with E-state index in [0.29, 0.717) is 0 Å². The molecule has 0 unspecified atom stereocenters. The van der Waals surface area contributed by atoms with Crippen molar-refractivity contribution in [2.24, 2.45) is 0 Å². The minimum absolute atomic E-state index is 0.939. The van der Waals surface area contributed by atoms with Crippen LogP contribution in [0.5, 0.6) is 0 Å². The zero-order valence-corrected chi connectivity index (χ0v) is 12.1. The lowest BCUT2D eigenvalue weighted by Gasteiger charge is -2.22. The molecular weight excluding hydrogens is 222 g/mol. The number of nitrogens with one attached hydrogen (secondary N) is 1. The van der Waals surface area contributed by atoms with Gasteiger partial charge in [-0.25, -0.2) is 4.98 Å². The Hall–Kier alpha value is -1.09. The van der Waals surface area contributed by atoms with Crippen molar-refractivity contribution < 1.29 is 0 Å². The van der Waals surface area contributed by atoms with E-state index in [-0.39, 0.29) is 0 Å². The molecule has 0 bridgehead atoms. The molecule has 0 radical (unpaired) electrons. The highest BCUT2D eigenvalue weighted by molar-refractivity contribution is 5.40. The van der Waals surface area contributed by atoms with Crippen molar-refractivity contribution in [2.75, 3.05) is 24.5 Å². The standard InChI is InChI=1S/C15H27N3/c1-4-7-11-18(6-3)15-12-14(8-10-17-15)13-16-9-5-2/h8,10,12,16H,4-7,9,11,13H2,1-3H3. The van der Waals surface area contributed by atoms with E-state index in [1.54, 1.807) is 0 Å². The molecule has 0 aromatic carbocycles. The minimum atomic E-state index is 0.939. The molecule has 0 aliphatic heterocycles. The van der Waals surface area contributed by atoms with Crippen LogP contribution in [-0.4, -0.2) is 24.6 Å². The first-order chi connectivity index (χ1) is 8.81. The number of unbranched alkanes of at least 4 members (excludes halogenated alkanes) is 1. The van der Waals surface area contributed by atoms with Crippen molar-refractivity contribution in [3.05, 3.63) is 23.9 Å². The molecule has 0 atom stereocenters. The maximum Gasteiger partial charge on any atom is 0.128 e. The van der Waals surface area contributed by atoms with Crippen LogP contribution in [0.3, 0.4) is 0 Å². The Balaban J connectivity index is 2.60. The number of hydrogen-bond acceptors (Lipinski definition) is 3. The van der Waals surface area contributed by atoms with Gasteiger partial charge in [0.1, 0.15) is 5.82 Å². The normalized spacial score (nSPS) is 10.6. The topological polar surface area (TPSA) is 28.2 Å². The van der Waals surface area contributed by atoms with Crippen molar-refractivity contribution in [1.82, 2.24) is 10.3 Å². The minimum Gasteiger partial charge on any atom is -0.357 e. The molecule has 0 aliphatic rings. The quantitative estimate of drug-likeness (QED) is 0.681. The van der Waals surface area contributed by atoms with Gasteiger partial charge in [-0.15, -0.1) is 0 Å². The number of rotatable bonds is 9. The molecule has 0 fully saturated rings.